The molecular weight excluding hydrogens is 745 g/mol. The van der Waals surface area contributed by atoms with Gasteiger partial charge < -0.3 is 14.2 Å². The average molecular weight is 849 g/mol. The molecule has 6 nitrogen and oxygen atoms in total. The van der Waals surface area contributed by atoms with Gasteiger partial charge in [0.2, 0.25) is 0 Å². The Balaban J connectivity index is 4.26. The van der Waals surface area contributed by atoms with Crippen molar-refractivity contribution in [3.05, 3.63) is 0 Å². The number of hydrogen-bond acceptors (Lipinski definition) is 6. The minimum Gasteiger partial charge on any atom is -0.462 e. The first-order valence-corrected chi connectivity index (χ1v) is 26.9. The summed E-state index contributed by atoms with van der Waals surface area (Å²) in [4.78, 5) is 37.9. The first-order valence-electron chi connectivity index (χ1n) is 26.9. The van der Waals surface area contributed by atoms with Crippen molar-refractivity contribution in [2.45, 2.75) is 310 Å². The zero-order valence-electron chi connectivity index (χ0n) is 40.9. The highest BCUT2D eigenvalue weighted by Crippen LogP contribution is 2.18. The van der Waals surface area contributed by atoms with Crippen LogP contribution in [0.15, 0.2) is 0 Å². The molecule has 0 aromatic heterocycles. The molecule has 0 N–H and O–H groups in total. The summed E-state index contributed by atoms with van der Waals surface area (Å²) in [7, 11) is 0. The van der Waals surface area contributed by atoms with Crippen molar-refractivity contribution in [2.24, 2.45) is 5.92 Å². The molecule has 2 atom stereocenters. The number of hydrogen-bond donors (Lipinski definition) is 0. The highest BCUT2D eigenvalue weighted by atomic mass is 16.6. The summed E-state index contributed by atoms with van der Waals surface area (Å²) in [6.45, 7) is 9.05. The summed E-state index contributed by atoms with van der Waals surface area (Å²) >= 11 is 0. The summed E-state index contributed by atoms with van der Waals surface area (Å²) in [6, 6.07) is 0. The lowest BCUT2D eigenvalue weighted by atomic mass is 9.99. The largest absolute Gasteiger partial charge is 0.462 e. The van der Waals surface area contributed by atoms with E-state index in [4.69, 9.17) is 14.2 Å². The molecule has 0 spiro atoms. The monoisotopic (exact) mass is 849 g/mol. The Labute approximate surface area is 374 Å². The molecule has 0 aromatic rings. The second-order valence-electron chi connectivity index (χ2n) is 18.8. The number of esters is 3. The molecule has 356 valence electrons. The summed E-state index contributed by atoms with van der Waals surface area (Å²) in [5.74, 6) is 0.0234. The lowest BCUT2D eigenvalue weighted by Crippen LogP contribution is -2.30. The number of carbonyl (C=O) groups excluding carboxylic acids is 3. The Morgan fingerprint density at radius 3 is 0.867 bits per heavy atom. The van der Waals surface area contributed by atoms with Gasteiger partial charge in [-0.1, -0.05) is 265 Å². The van der Waals surface area contributed by atoms with Crippen LogP contribution in [-0.4, -0.2) is 37.2 Å². The van der Waals surface area contributed by atoms with Crippen LogP contribution in [0.1, 0.15) is 304 Å². The van der Waals surface area contributed by atoms with E-state index < -0.39 is 6.10 Å². The van der Waals surface area contributed by atoms with Gasteiger partial charge in [-0.2, -0.15) is 0 Å². The molecule has 0 rings (SSSR count). The average Bonchev–Trinajstić information content (AvgIpc) is 3.25. The Morgan fingerprint density at radius 2 is 0.583 bits per heavy atom. The third kappa shape index (κ3) is 45.9. The molecule has 0 radical (unpaired) electrons. The Bertz CT molecular complexity index is 905. The van der Waals surface area contributed by atoms with E-state index in [0.29, 0.717) is 19.3 Å². The van der Waals surface area contributed by atoms with Gasteiger partial charge in [-0.25, -0.2) is 0 Å². The minimum atomic E-state index is -0.761. The Kier molecular flexibility index (Phi) is 47.2. The molecular formula is C54H104O6. The standard InChI is InChI=1S/C54H104O6/c1-5-8-10-12-14-16-18-19-20-21-22-23-24-25-30-34-38-42-46-53(56)59-49-51(48-58-52(55)45-41-37-33-29-17-15-13-11-9-6-2)60-54(57)47-43-39-35-31-27-26-28-32-36-40-44-50(4)7-3/h50-51H,5-49H2,1-4H3/t50?,51-/m0/s1. The van der Waals surface area contributed by atoms with Crippen LogP contribution in [0.5, 0.6) is 0 Å². The van der Waals surface area contributed by atoms with Gasteiger partial charge in [0.1, 0.15) is 13.2 Å². The van der Waals surface area contributed by atoms with Gasteiger partial charge in [-0.15, -0.1) is 0 Å². The van der Waals surface area contributed by atoms with E-state index in [9.17, 15) is 14.4 Å². The number of carbonyl (C=O) groups is 3. The molecule has 0 aliphatic carbocycles. The fraction of sp³-hybridized carbons (Fsp3) is 0.944. The van der Waals surface area contributed by atoms with Crippen molar-refractivity contribution in [2.75, 3.05) is 13.2 Å². The second kappa shape index (κ2) is 48.4. The quantitative estimate of drug-likeness (QED) is 0.0345. The van der Waals surface area contributed by atoms with Gasteiger partial charge in [0.05, 0.1) is 0 Å². The molecule has 0 bridgehead atoms. The molecule has 0 aliphatic rings. The second-order valence-corrected chi connectivity index (χ2v) is 18.8. The van der Waals surface area contributed by atoms with Crippen molar-refractivity contribution in [3.8, 4) is 0 Å². The predicted molar refractivity (Wildman–Crippen MR) is 257 cm³/mol. The third-order valence-electron chi connectivity index (χ3n) is 12.7. The molecule has 1 unspecified atom stereocenters. The van der Waals surface area contributed by atoms with Crippen LogP contribution in [0.4, 0.5) is 0 Å². The van der Waals surface area contributed by atoms with Gasteiger partial charge in [-0.3, -0.25) is 14.4 Å². The van der Waals surface area contributed by atoms with E-state index >= 15 is 0 Å². The first kappa shape index (κ1) is 58.4. The molecule has 60 heavy (non-hydrogen) atoms. The van der Waals surface area contributed by atoms with E-state index in [-0.39, 0.29) is 31.1 Å². The molecule has 0 heterocycles. The maximum atomic E-state index is 12.8. The molecule has 6 heteroatoms. The van der Waals surface area contributed by atoms with E-state index in [1.54, 1.807) is 0 Å². The number of unbranched alkanes of at least 4 members (excludes halogenated alkanes) is 35. The van der Waals surface area contributed by atoms with E-state index in [1.807, 2.05) is 0 Å². The topological polar surface area (TPSA) is 78.9 Å². The van der Waals surface area contributed by atoms with E-state index in [2.05, 4.69) is 27.7 Å². The number of rotatable bonds is 49. The summed E-state index contributed by atoms with van der Waals surface area (Å²) in [5.41, 5.74) is 0. The summed E-state index contributed by atoms with van der Waals surface area (Å²) in [6.07, 6.45) is 50.8. The predicted octanol–water partition coefficient (Wildman–Crippen LogP) is 17.5. The summed E-state index contributed by atoms with van der Waals surface area (Å²) in [5, 5.41) is 0. The van der Waals surface area contributed by atoms with Crippen LogP contribution in [0.25, 0.3) is 0 Å². The van der Waals surface area contributed by atoms with Crippen LogP contribution in [0.3, 0.4) is 0 Å². The molecule has 0 aromatic carbocycles. The Hall–Kier alpha value is -1.59. The van der Waals surface area contributed by atoms with Crippen LogP contribution in [0.2, 0.25) is 0 Å². The van der Waals surface area contributed by atoms with Crippen molar-refractivity contribution >= 4 is 17.9 Å². The van der Waals surface area contributed by atoms with Gasteiger partial charge in [0.25, 0.3) is 0 Å². The van der Waals surface area contributed by atoms with Gasteiger partial charge >= 0.3 is 17.9 Å². The summed E-state index contributed by atoms with van der Waals surface area (Å²) < 4.78 is 16.8. The van der Waals surface area contributed by atoms with E-state index in [0.717, 1.165) is 63.7 Å². The first-order chi connectivity index (χ1) is 29.4. The zero-order valence-corrected chi connectivity index (χ0v) is 40.9. The van der Waals surface area contributed by atoms with Gasteiger partial charge in [0.15, 0.2) is 6.10 Å². The highest BCUT2D eigenvalue weighted by molar-refractivity contribution is 5.71. The molecule has 0 aliphatic heterocycles. The molecule has 0 saturated heterocycles. The normalized spacial score (nSPS) is 12.4. The lowest BCUT2D eigenvalue weighted by Gasteiger charge is -2.18. The Morgan fingerprint density at radius 1 is 0.333 bits per heavy atom. The fourth-order valence-electron chi connectivity index (χ4n) is 8.19. The molecule has 0 fully saturated rings. The van der Waals surface area contributed by atoms with Crippen molar-refractivity contribution in [3.63, 3.8) is 0 Å². The maximum absolute atomic E-state index is 12.8. The highest BCUT2D eigenvalue weighted by Gasteiger charge is 2.19. The zero-order chi connectivity index (χ0) is 43.8. The van der Waals surface area contributed by atoms with Gasteiger partial charge in [0, 0.05) is 19.3 Å². The SMILES string of the molecule is CCCCCCCCCCCCCCCCCCCCC(=O)OC[C@H](COC(=O)CCCCCCCCCCCC)OC(=O)CCCCCCCCCCCCC(C)CC. The van der Waals surface area contributed by atoms with Crippen LogP contribution in [0, 0.1) is 5.92 Å². The van der Waals surface area contributed by atoms with Crippen molar-refractivity contribution in [1.29, 1.82) is 0 Å². The fourth-order valence-corrected chi connectivity index (χ4v) is 8.19. The lowest BCUT2D eigenvalue weighted by molar-refractivity contribution is -0.167. The maximum Gasteiger partial charge on any atom is 0.306 e. The third-order valence-corrected chi connectivity index (χ3v) is 12.7. The number of ether oxygens (including phenoxy) is 3. The molecule has 0 saturated carbocycles. The molecule has 0 amide bonds. The van der Waals surface area contributed by atoms with Crippen LogP contribution < -0.4 is 0 Å². The van der Waals surface area contributed by atoms with Crippen LogP contribution >= 0.6 is 0 Å². The van der Waals surface area contributed by atoms with E-state index in [1.165, 1.54) is 199 Å². The minimum absolute atomic E-state index is 0.0627. The van der Waals surface area contributed by atoms with Gasteiger partial charge in [-0.05, 0) is 25.2 Å². The van der Waals surface area contributed by atoms with Crippen molar-refractivity contribution < 1.29 is 28.6 Å². The van der Waals surface area contributed by atoms with Crippen LogP contribution in [-0.2, 0) is 28.6 Å². The smallest absolute Gasteiger partial charge is 0.306 e. The van der Waals surface area contributed by atoms with Crippen molar-refractivity contribution in [1.82, 2.24) is 0 Å².